The summed E-state index contributed by atoms with van der Waals surface area (Å²) in [4.78, 5) is 3.76. The van der Waals surface area contributed by atoms with Gasteiger partial charge in [0.15, 0.2) is 0 Å². The average Bonchev–Trinajstić information content (AvgIpc) is 3.56. The van der Waals surface area contributed by atoms with Crippen molar-refractivity contribution in [2.45, 2.75) is 264 Å². The van der Waals surface area contributed by atoms with Gasteiger partial charge in [0.25, 0.3) is 5.82 Å². The summed E-state index contributed by atoms with van der Waals surface area (Å²) in [5.41, 5.74) is 0. The number of nitrogens with one attached hydrogen (secondary N) is 1. The van der Waals surface area contributed by atoms with Gasteiger partial charge in [-0.25, -0.2) is 9.55 Å². The second kappa shape index (κ2) is 34.1. The smallest absolute Gasteiger partial charge is 0.247 e. The van der Waals surface area contributed by atoms with Gasteiger partial charge in [-0.05, 0) is 32.6 Å². The van der Waals surface area contributed by atoms with Gasteiger partial charge in [0.05, 0.1) is 12.0 Å². The zero-order valence-corrected chi connectivity index (χ0v) is 32.5. The third-order valence-electron chi connectivity index (χ3n) is 10.9. The van der Waals surface area contributed by atoms with E-state index in [2.05, 4.69) is 49.6 Å². The lowest BCUT2D eigenvalue weighted by molar-refractivity contribution is -0.727. The average molecular weight is 644 g/mol. The summed E-state index contributed by atoms with van der Waals surface area (Å²) in [6.07, 6.45) is 54.7. The summed E-state index contributed by atoms with van der Waals surface area (Å²) >= 11 is 0. The SMILES string of the molecule is CCCCCCCCCCCCCCCCCCCC(CCCCCCCCCCC)c1[nH]cc[n+]1C(C)CCCCCCCC. The molecule has 2 heteroatoms. The van der Waals surface area contributed by atoms with Crippen LogP contribution in [0.25, 0.3) is 0 Å². The summed E-state index contributed by atoms with van der Waals surface area (Å²) in [5, 5.41) is 0. The Morgan fingerprint density at radius 3 is 1.02 bits per heavy atom. The van der Waals surface area contributed by atoms with Crippen molar-refractivity contribution in [2.75, 3.05) is 0 Å². The van der Waals surface area contributed by atoms with Crippen LogP contribution in [0, 0.1) is 0 Å². The molecule has 1 N–H and O–H groups in total. The Bertz CT molecular complexity index is 709. The number of aromatic amines is 1. The van der Waals surface area contributed by atoms with Crippen LogP contribution in [0.4, 0.5) is 0 Å². The quantitative estimate of drug-likeness (QED) is 0.0550. The molecule has 2 nitrogen and oxygen atoms in total. The molecule has 0 aliphatic heterocycles. The van der Waals surface area contributed by atoms with Crippen LogP contribution in [-0.2, 0) is 0 Å². The first-order chi connectivity index (χ1) is 22.7. The van der Waals surface area contributed by atoms with Crippen molar-refractivity contribution in [1.82, 2.24) is 4.98 Å². The van der Waals surface area contributed by atoms with Crippen LogP contribution >= 0.6 is 0 Å². The molecule has 0 bridgehead atoms. The van der Waals surface area contributed by atoms with Crippen LogP contribution in [0.1, 0.15) is 270 Å². The molecule has 0 radical (unpaired) electrons. The Labute approximate surface area is 291 Å². The number of unbranched alkanes of at least 4 members (excludes halogenated alkanes) is 29. The fourth-order valence-corrected chi connectivity index (χ4v) is 7.66. The number of nitrogens with zero attached hydrogens (tertiary/aromatic N) is 1. The Morgan fingerprint density at radius 2 is 0.696 bits per heavy atom. The first-order valence-electron chi connectivity index (χ1n) is 21.8. The van der Waals surface area contributed by atoms with Crippen molar-refractivity contribution in [1.29, 1.82) is 0 Å². The van der Waals surface area contributed by atoms with Crippen molar-refractivity contribution in [3.63, 3.8) is 0 Å². The van der Waals surface area contributed by atoms with Gasteiger partial charge in [-0.3, -0.25) is 0 Å². The fraction of sp³-hybridized carbons (Fsp3) is 0.932. The second-order valence-corrected chi connectivity index (χ2v) is 15.4. The molecular formula is C44H87N2+. The second-order valence-electron chi connectivity index (χ2n) is 15.4. The molecule has 1 heterocycles. The van der Waals surface area contributed by atoms with Crippen molar-refractivity contribution < 1.29 is 4.57 Å². The van der Waals surface area contributed by atoms with E-state index in [-0.39, 0.29) is 0 Å². The fourth-order valence-electron chi connectivity index (χ4n) is 7.66. The van der Waals surface area contributed by atoms with E-state index in [4.69, 9.17) is 0 Å². The van der Waals surface area contributed by atoms with Crippen LogP contribution < -0.4 is 4.57 Å². The molecule has 0 spiro atoms. The minimum atomic E-state index is 0.619. The third kappa shape index (κ3) is 25.3. The van der Waals surface area contributed by atoms with E-state index in [1.54, 1.807) is 0 Å². The lowest BCUT2D eigenvalue weighted by atomic mass is 9.92. The molecule has 1 aromatic heterocycles. The summed E-state index contributed by atoms with van der Waals surface area (Å²) in [6.45, 7) is 9.42. The molecule has 1 aromatic rings. The van der Waals surface area contributed by atoms with Gasteiger partial charge in [-0.2, -0.15) is 0 Å². The largest absolute Gasteiger partial charge is 0.257 e. The predicted octanol–water partition coefficient (Wildman–Crippen LogP) is 15.7. The van der Waals surface area contributed by atoms with E-state index >= 15 is 0 Å². The van der Waals surface area contributed by atoms with Crippen molar-refractivity contribution in [3.8, 4) is 0 Å². The van der Waals surface area contributed by atoms with E-state index in [0.717, 1.165) is 0 Å². The van der Waals surface area contributed by atoms with Gasteiger partial charge in [0, 0.05) is 0 Å². The first-order valence-corrected chi connectivity index (χ1v) is 21.8. The maximum atomic E-state index is 3.76. The third-order valence-corrected chi connectivity index (χ3v) is 10.9. The molecular weight excluding hydrogens is 556 g/mol. The topological polar surface area (TPSA) is 19.7 Å². The summed E-state index contributed by atoms with van der Waals surface area (Å²) in [7, 11) is 0. The highest BCUT2D eigenvalue weighted by Gasteiger charge is 2.25. The molecule has 2 unspecified atom stereocenters. The Morgan fingerprint density at radius 1 is 0.413 bits per heavy atom. The van der Waals surface area contributed by atoms with Crippen LogP contribution in [-0.4, -0.2) is 4.98 Å². The summed E-state index contributed by atoms with van der Waals surface area (Å²) in [5.74, 6) is 2.25. The lowest BCUT2D eigenvalue weighted by Gasteiger charge is -2.17. The summed E-state index contributed by atoms with van der Waals surface area (Å²) < 4.78 is 2.64. The van der Waals surface area contributed by atoms with Gasteiger partial charge in [-0.15, -0.1) is 0 Å². The highest BCUT2D eigenvalue weighted by atomic mass is 15.1. The molecule has 46 heavy (non-hydrogen) atoms. The van der Waals surface area contributed by atoms with E-state index in [1.807, 2.05) is 0 Å². The molecule has 0 saturated carbocycles. The molecule has 0 aromatic carbocycles. The lowest BCUT2D eigenvalue weighted by Crippen LogP contribution is -2.41. The van der Waals surface area contributed by atoms with Gasteiger partial charge in [-0.1, -0.05) is 220 Å². The number of rotatable bonds is 37. The van der Waals surface area contributed by atoms with E-state index in [9.17, 15) is 0 Å². The molecule has 2 atom stereocenters. The molecule has 0 fully saturated rings. The van der Waals surface area contributed by atoms with Crippen molar-refractivity contribution >= 4 is 0 Å². The Balaban J connectivity index is 2.31. The van der Waals surface area contributed by atoms with E-state index < -0.39 is 0 Å². The van der Waals surface area contributed by atoms with E-state index in [1.165, 1.54) is 231 Å². The molecule has 0 aliphatic carbocycles. The van der Waals surface area contributed by atoms with Crippen LogP contribution in [0.5, 0.6) is 0 Å². The summed E-state index contributed by atoms with van der Waals surface area (Å²) in [6, 6.07) is 0.619. The first kappa shape index (κ1) is 43.2. The van der Waals surface area contributed by atoms with Gasteiger partial charge >= 0.3 is 0 Å². The normalized spacial score (nSPS) is 13.0. The highest BCUT2D eigenvalue weighted by Crippen LogP contribution is 2.27. The number of hydrogen-bond donors (Lipinski definition) is 1. The molecule has 272 valence electrons. The molecule has 0 aliphatic rings. The zero-order chi connectivity index (χ0) is 33.2. The Hall–Kier alpha value is -0.790. The van der Waals surface area contributed by atoms with Crippen LogP contribution in [0.3, 0.4) is 0 Å². The minimum absolute atomic E-state index is 0.619. The predicted molar refractivity (Wildman–Crippen MR) is 207 cm³/mol. The monoisotopic (exact) mass is 644 g/mol. The standard InChI is InChI=1S/C44H86N2/c1-5-8-11-14-17-19-20-21-22-23-24-25-26-28-30-33-36-39-43(38-35-32-29-27-18-15-12-9-6-2)44-45-40-41-46(44)42(4)37-34-31-16-13-10-7-3/h40-43H,5-39H2,1-4H3/p+1. The molecule has 0 saturated heterocycles. The zero-order valence-electron chi connectivity index (χ0n) is 32.5. The minimum Gasteiger partial charge on any atom is -0.247 e. The van der Waals surface area contributed by atoms with Gasteiger partial charge < -0.3 is 0 Å². The van der Waals surface area contributed by atoms with E-state index in [0.29, 0.717) is 12.0 Å². The number of H-pyrrole nitrogens is 1. The highest BCUT2D eigenvalue weighted by molar-refractivity contribution is 4.90. The number of aromatic nitrogens is 2. The maximum absolute atomic E-state index is 3.76. The maximum Gasteiger partial charge on any atom is 0.257 e. The molecule has 1 rings (SSSR count). The van der Waals surface area contributed by atoms with Crippen LogP contribution in [0.2, 0.25) is 0 Å². The number of hydrogen-bond acceptors (Lipinski definition) is 0. The van der Waals surface area contributed by atoms with Crippen molar-refractivity contribution in [2.24, 2.45) is 0 Å². The van der Waals surface area contributed by atoms with Gasteiger partial charge in [0.2, 0.25) is 0 Å². The van der Waals surface area contributed by atoms with Gasteiger partial charge in [0.1, 0.15) is 12.4 Å². The van der Waals surface area contributed by atoms with Crippen LogP contribution in [0.15, 0.2) is 12.4 Å². The Kier molecular flexibility index (Phi) is 32.0. The van der Waals surface area contributed by atoms with Crippen molar-refractivity contribution in [3.05, 3.63) is 18.2 Å². The number of imidazole rings is 1. The molecule has 0 amide bonds.